The van der Waals surface area contributed by atoms with Gasteiger partial charge in [0.2, 0.25) is 0 Å². The lowest BCUT2D eigenvalue weighted by Crippen LogP contribution is -2.30. The second-order valence-corrected chi connectivity index (χ2v) is 10.8. The van der Waals surface area contributed by atoms with Gasteiger partial charge < -0.3 is 0 Å². The Kier molecular flexibility index (Phi) is 3.65. The number of hydrogen-bond donors (Lipinski definition) is 0. The Morgan fingerprint density at radius 1 is 0.862 bits per heavy atom. The van der Waals surface area contributed by atoms with Crippen LogP contribution in [0.2, 0.25) is 0 Å². The fourth-order valence-corrected chi connectivity index (χ4v) is 7.10. The molecular formula is C29H32. The molecule has 4 aliphatic carbocycles. The van der Waals surface area contributed by atoms with Crippen LogP contribution in [-0.2, 0) is 6.42 Å². The zero-order chi connectivity index (χ0) is 19.9. The lowest BCUT2D eigenvalue weighted by molar-refractivity contribution is 0.339. The zero-order valence-electron chi connectivity index (χ0n) is 18.4. The molecule has 6 rings (SSSR count). The first kappa shape index (κ1) is 17.8. The van der Waals surface area contributed by atoms with Gasteiger partial charge in [0, 0.05) is 0 Å². The summed E-state index contributed by atoms with van der Waals surface area (Å²) in [6.07, 6.45) is 10.4. The van der Waals surface area contributed by atoms with Crippen molar-refractivity contribution in [3.63, 3.8) is 0 Å². The van der Waals surface area contributed by atoms with Crippen LogP contribution in [0.25, 0.3) is 16.7 Å². The van der Waals surface area contributed by atoms with Crippen molar-refractivity contribution in [1.82, 2.24) is 0 Å². The molecule has 0 bridgehead atoms. The average molecular weight is 381 g/mol. The maximum Gasteiger partial charge on any atom is -0.00105 e. The first-order valence-corrected chi connectivity index (χ1v) is 11.6. The van der Waals surface area contributed by atoms with Crippen LogP contribution in [0.15, 0.2) is 47.6 Å². The summed E-state index contributed by atoms with van der Waals surface area (Å²) in [5, 5.41) is 0. The monoisotopic (exact) mass is 380 g/mol. The first-order chi connectivity index (χ1) is 13.9. The van der Waals surface area contributed by atoms with Crippen molar-refractivity contribution in [2.75, 3.05) is 0 Å². The largest absolute Gasteiger partial charge is 0.0769 e. The van der Waals surface area contributed by atoms with E-state index >= 15 is 0 Å². The van der Waals surface area contributed by atoms with E-state index < -0.39 is 0 Å². The molecule has 0 amide bonds. The highest BCUT2D eigenvalue weighted by molar-refractivity contribution is 5.89. The summed E-state index contributed by atoms with van der Waals surface area (Å²) in [6.45, 7) is 9.50. The fraction of sp³-hybridized carbons (Fsp3) is 0.448. The molecule has 1 saturated carbocycles. The van der Waals surface area contributed by atoms with Crippen LogP contribution in [0.3, 0.4) is 0 Å². The van der Waals surface area contributed by atoms with Gasteiger partial charge in [0.15, 0.2) is 0 Å². The van der Waals surface area contributed by atoms with E-state index in [9.17, 15) is 0 Å². The van der Waals surface area contributed by atoms with Crippen LogP contribution in [0, 0.1) is 5.41 Å². The van der Waals surface area contributed by atoms with Crippen molar-refractivity contribution < 1.29 is 0 Å². The van der Waals surface area contributed by atoms with Gasteiger partial charge in [-0.05, 0) is 106 Å². The maximum absolute atomic E-state index is 2.61. The lowest BCUT2D eigenvalue weighted by atomic mass is 9.57. The van der Waals surface area contributed by atoms with Gasteiger partial charge in [-0.15, -0.1) is 0 Å². The van der Waals surface area contributed by atoms with E-state index in [4.69, 9.17) is 0 Å². The standard InChI is InChI=1S/C29H32/c1-17-13-14-22(28(17)29(2,3)4)25-16-23-19-10-6-5-9-18(19)15-24(23)26-20-11-7-8-12-21(20)27(25)26/h5-6,9-10,13,16,20-21H,7-8,11-12,14-15H2,1-4H3. The molecule has 148 valence electrons. The molecule has 0 spiro atoms. The van der Waals surface area contributed by atoms with Crippen molar-refractivity contribution in [2.45, 2.75) is 78.1 Å². The van der Waals surface area contributed by atoms with E-state index in [-0.39, 0.29) is 5.41 Å². The maximum atomic E-state index is 2.61. The number of benzene rings is 2. The van der Waals surface area contributed by atoms with E-state index in [1.807, 2.05) is 0 Å². The molecule has 2 aromatic carbocycles. The third-order valence-corrected chi connectivity index (χ3v) is 8.09. The number of hydrogen-bond acceptors (Lipinski definition) is 0. The van der Waals surface area contributed by atoms with Crippen LogP contribution in [-0.4, -0.2) is 0 Å². The molecule has 4 aliphatic rings. The smallest absolute Gasteiger partial charge is 0.00105 e. The van der Waals surface area contributed by atoms with Crippen LogP contribution >= 0.6 is 0 Å². The van der Waals surface area contributed by atoms with Gasteiger partial charge in [-0.3, -0.25) is 0 Å². The number of rotatable bonds is 1. The zero-order valence-corrected chi connectivity index (χ0v) is 18.4. The van der Waals surface area contributed by atoms with E-state index in [2.05, 4.69) is 64.1 Å². The number of allylic oxidation sites excluding steroid dienone is 4. The highest BCUT2D eigenvalue weighted by Crippen LogP contribution is 2.62. The molecule has 2 atom stereocenters. The molecule has 0 aliphatic heterocycles. The second kappa shape index (κ2) is 5.97. The van der Waals surface area contributed by atoms with Gasteiger partial charge in [0.25, 0.3) is 0 Å². The minimum Gasteiger partial charge on any atom is -0.0769 e. The molecule has 2 aromatic rings. The highest BCUT2D eigenvalue weighted by atomic mass is 14.5. The van der Waals surface area contributed by atoms with Crippen LogP contribution in [0.4, 0.5) is 0 Å². The SMILES string of the molecule is CC1=CCC(c2cc3c(c4c2C2CCCCC42)Cc2ccccc2-3)=C1C(C)(C)C. The van der Waals surface area contributed by atoms with E-state index in [0.717, 1.165) is 24.7 Å². The van der Waals surface area contributed by atoms with E-state index in [1.165, 1.54) is 42.4 Å². The second-order valence-electron chi connectivity index (χ2n) is 10.8. The molecule has 0 heteroatoms. The molecule has 0 aromatic heterocycles. The van der Waals surface area contributed by atoms with Gasteiger partial charge in [0.05, 0.1) is 0 Å². The molecule has 0 heterocycles. The Hall–Kier alpha value is -2.08. The van der Waals surface area contributed by atoms with Crippen molar-refractivity contribution in [3.05, 3.63) is 75.4 Å². The normalized spacial score (nSPS) is 24.5. The quantitative estimate of drug-likeness (QED) is 0.399. The van der Waals surface area contributed by atoms with Gasteiger partial charge in [-0.2, -0.15) is 0 Å². The predicted octanol–water partition coefficient (Wildman–Crippen LogP) is 8.16. The third-order valence-electron chi connectivity index (χ3n) is 8.09. The summed E-state index contributed by atoms with van der Waals surface area (Å²) in [6, 6.07) is 11.7. The predicted molar refractivity (Wildman–Crippen MR) is 123 cm³/mol. The molecule has 0 saturated heterocycles. The first-order valence-electron chi connectivity index (χ1n) is 11.6. The van der Waals surface area contributed by atoms with Gasteiger partial charge in [0.1, 0.15) is 0 Å². The number of fused-ring (bicyclic) bond motifs is 8. The van der Waals surface area contributed by atoms with Gasteiger partial charge >= 0.3 is 0 Å². The van der Waals surface area contributed by atoms with Gasteiger partial charge in [-0.1, -0.05) is 69.5 Å². The molecule has 0 nitrogen and oxygen atoms in total. The summed E-state index contributed by atoms with van der Waals surface area (Å²) in [5.41, 5.74) is 16.3. The molecule has 2 unspecified atom stereocenters. The summed E-state index contributed by atoms with van der Waals surface area (Å²) in [7, 11) is 0. The van der Waals surface area contributed by atoms with Crippen molar-refractivity contribution in [3.8, 4) is 11.1 Å². The van der Waals surface area contributed by atoms with Crippen LogP contribution in [0.1, 0.15) is 99.5 Å². The van der Waals surface area contributed by atoms with Crippen molar-refractivity contribution >= 4 is 5.57 Å². The summed E-state index contributed by atoms with van der Waals surface area (Å²) in [5.74, 6) is 1.65. The average Bonchev–Trinajstić information content (AvgIpc) is 3.24. The van der Waals surface area contributed by atoms with Gasteiger partial charge in [-0.25, -0.2) is 0 Å². The highest BCUT2D eigenvalue weighted by Gasteiger charge is 2.45. The Bertz CT molecular complexity index is 1100. The van der Waals surface area contributed by atoms with E-state index in [0.29, 0.717) is 0 Å². The van der Waals surface area contributed by atoms with Crippen molar-refractivity contribution in [2.24, 2.45) is 5.41 Å². The fourth-order valence-electron chi connectivity index (χ4n) is 7.10. The minimum atomic E-state index is 0.200. The van der Waals surface area contributed by atoms with E-state index in [1.54, 1.807) is 39.0 Å². The summed E-state index contributed by atoms with van der Waals surface area (Å²) in [4.78, 5) is 0. The lowest BCUT2D eigenvalue weighted by Gasteiger charge is -2.46. The molecular weight excluding hydrogens is 348 g/mol. The summed E-state index contributed by atoms with van der Waals surface area (Å²) >= 11 is 0. The Morgan fingerprint density at radius 2 is 1.59 bits per heavy atom. The summed E-state index contributed by atoms with van der Waals surface area (Å²) < 4.78 is 0. The Labute approximate surface area is 175 Å². The topological polar surface area (TPSA) is 0 Å². The molecule has 0 N–H and O–H groups in total. The molecule has 1 fully saturated rings. The van der Waals surface area contributed by atoms with Crippen LogP contribution in [0.5, 0.6) is 0 Å². The molecule has 0 radical (unpaired) electrons. The minimum absolute atomic E-state index is 0.200. The van der Waals surface area contributed by atoms with Crippen LogP contribution < -0.4 is 0 Å². The third kappa shape index (κ3) is 2.38. The molecule has 29 heavy (non-hydrogen) atoms. The Morgan fingerprint density at radius 3 is 2.34 bits per heavy atom. The Balaban J connectivity index is 1.63. The van der Waals surface area contributed by atoms with Crippen molar-refractivity contribution in [1.29, 1.82) is 0 Å².